The Balaban J connectivity index is 1.32. The van der Waals surface area contributed by atoms with Gasteiger partial charge in [-0.25, -0.2) is 17.7 Å². The number of amides is 1. The Labute approximate surface area is 230 Å². The number of rotatable bonds is 7. The summed E-state index contributed by atoms with van der Waals surface area (Å²) in [6.07, 6.45) is 0.138. The Bertz CT molecular complexity index is 1680. The van der Waals surface area contributed by atoms with E-state index < -0.39 is 16.0 Å². The predicted octanol–water partition coefficient (Wildman–Crippen LogP) is 4.80. The average molecular weight is 560 g/mol. The van der Waals surface area contributed by atoms with Crippen molar-refractivity contribution >= 4 is 61.0 Å². The van der Waals surface area contributed by atoms with E-state index in [1.807, 2.05) is 42.5 Å². The summed E-state index contributed by atoms with van der Waals surface area (Å²) < 4.78 is 32.9. The summed E-state index contributed by atoms with van der Waals surface area (Å²) in [7, 11) is -2.71. The van der Waals surface area contributed by atoms with Gasteiger partial charge in [0.25, 0.3) is 10.0 Å². The number of ether oxygens (including phenoxy) is 1. The Kier molecular flexibility index (Phi) is 7.67. The molecule has 0 saturated carbocycles. The van der Waals surface area contributed by atoms with Crippen LogP contribution in [0.5, 0.6) is 0 Å². The molecule has 0 unspecified atom stereocenters. The number of sulfonamides is 1. The molecule has 4 aromatic rings. The fourth-order valence-electron chi connectivity index (χ4n) is 4.28. The van der Waals surface area contributed by atoms with Gasteiger partial charge in [0.15, 0.2) is 5.17 Å². The molecule has 0 aromatic heterocycles. The number of anilines is 1. The number of carbonyl (C=O) groups excluding carboxylic acids is 2. The fraction of sp³-hybridized carbons (Fsp3) is 0.138. The second-order valence-corrected chi connectivity index (χ2v) is 11.5. The second-order valence-electron chi connectivity index (χ2n) is 8.75. The lowest BCUT2D eigenvalue weighted by molar-refractivity contribution is -0.137. The molecule has 0 fully saturated rings. The van der Waals surface area contributed by atoms with Crippen LogP contribution in [0.25, 0.3) is 10.8 Å². The molecular formula is C29H25N3O5S2. The molecule has 0 aliphatic carbocycles. The number of hydrogen-bond acceptors (Lipinski definition) is 7. The number of esters is 1. The van der Waals surface area contributed by atoms with E-state index in [0.717, 1.165) is 38.0 Å². The Hall–Kier alpha value is -4.15. The minimum atomic E-state index is -3.98. The molecule has 4 aromatic carbocycles. The SMILES string of the molecule is COC(=O)CSC1=Nc2ccccc2S(=O)(=O)N1c1ccc(CC(=O)NCc2cccc3ccccc23)cc1. The van der Waals surface area contributed by atoms with Gasteiger partial charge in [-0.1, -0.05) is 78.5 Å². The summed E-state index contributed by atoms with van der Waals surface area (Å²) in [5.41, 5.74) is 2.41. The van der Waals surface area contributed by atoms with Crippen molar-refractivity contribution in [2.75, 3.05) is 17.2 Å². The number of benzene rings is 4. The summed E-state index contributed by atoms with van der Waals surface area (Å²) in [5.74, 6) is -0.742. The standard InChI is InChI=1S/C29H25N3O5S2/c1-37-28(34)19-38-29-31-25-11-4-5-12-26(25)39(35,36)32(29)23-15-13-20(14-16-23)17-27(33)30-18-22-9-6-8-21-7-2-3-10-24(21)22/h2-16H,17-19H2,1H3,(H,30,33). The number of nitrogens with zero attached hydrogens (tertiary/aromatic N) is 2. The van der Waals surface area contributed by atoms with Crippen molar-refractivity contribution in [2.24, 2.45) is 4.99 Å². The van der Waals surface area contributed by atoms with E-state index in [4.69, 9.17) is 4.74 Å². The molecule has 0 radical (unpaired) electrons. The highest BCUT2D eigenvalue weighted by atomic mass is 32.2. The zero-order valence-corrected chi connectivity index (χ0v) is 22.7. The van der Waals surface area contributed by atoms with Gasteiger partial charge >= 0.3 is 5.97 Å². The minimum absolute atomic E-state index is 0.0734. The van der Waals surface area contributed by atoms with E-state index >= 15 is 0 Å². The van der Waals surface area contributed by atoms with E-state index in [-0.39, 0.29) is 28.1 Å². The first-order valence-electron chi connectivity index (χ1n) is 12.1. The normalized spacial score (nSPS) is 13.9. The Morgan fingerprint density at radius 1 is 0.923 bits per heavy atom. The van der Waals surface area contributed by atoms with Gasteiger partial charge in [-0.2, -0.15) is 0 Å². The molecule has 198 valence electrons. The van der Waals surface area contributed by atoms with Crippen LogP contribution >= 0.6 is 11.8 Å². The number of aliphatic imine (C=N–C) groups is 1. The van der Waals surface area contributed by atoms with Crippen LogP contribution in [0.15, 0.2) is 101 Å². The zero-order valence-electron chi connectivity index (χ0n) is 21.0. The summed E-state index contributed by atoms with van der Waals surface area (Å²) in [6.45, 7) is 0.404. The monoisotopic (exact) mass is 559 g/mol. The summed E-state index contributed by atoms with van der Waals surface area (Å²) in [6, 6.07) is 27.2. The molecule has 10 heteroatoms. The molecule has 1 heterocycles. The van der Waals surface area contributed by atoms with Gasteiger partial charge in [0.05, 0.1) is 30.7 Å². The van der Waals surface area contributed by atoms with Gasteiger partial charge < -0.3 is 10.1 Å². The molecule has 1 aliphatic rings. The summed E-state index contributed by atoms with van der Waals surface area (Å²) in [4.78, 5) is 29.0. The zero-order chi connectivity index (χ0) is 27.4. The molecule has 1 amide bonds. The average Bonchev–Trinajstić information content (AvgIpc) is 2.95. The van der Waals surface area contributed by atoms with Crippen LogP contribution < -0.4 is 9.62 Å². The smallest absolute Gasteiger partial charge is 0.316 e. The van der Waals surface area contributed by atoms with Crippen LogP contribution in [0.4, 0.5) is 11.4 Å². The molecule has 0 bridgehead atoms. The number of hydrogen-bond donors (Lipinski definition) is 1. The maximum absolute atomic E-state index is 13.6. The van der Waals surface area contributed by atoms with Crippen LogP contribution in [0, 0.1) is 0 Å². The van der Waals surface area contributed by atoms with Gasteiger partial charge in [0, 0.05) is 6.54 Å². The van der Waals surface area contributed by atoms with E-state index in [1.54, 1.807) is 42.5 Å². The van der Waals surface area contributed by atoms with Crippen LogP contribution in [0.3, 0.4) is 0 Å². The van der Waals surface area contributed by atoms with Gasteiger partial charge in [-0.15, -0.1) is 0 Å². The lowest BCUT2D eigenvalue weighted by atomic mass is 10.0. The first kappa shape index (κ1) is 26.5. The summed E-state index contributed by atoms with van der Waals surface area (Å²) in [5, 5.41) is 5.32. The number of carbonyl (C=O) groups is 2. The molecule has 0 spiro atoms. The molecule has 1 N–H and O–H groups in total. The highest BCUT2D eigenvalue weighted by Crippen LogP contribution is 2.37. The number of methoxy groups -OCH3 is 1. The number of para-hydroxylation sites is 1. The molecule has 5 rings (SSSR count). The first-order chi connectivity index (χ1) is 18.9. The van der Waals surface area contributed by atoms with Gasteiger partial charge in [-0.05, 0) is 46.2 Å². The highest BCUT2D eigenvalue weighted by Gasteiger charge is 2.35. The third-order valence-electron chi connectivity index (χ3n) is 6.21. The van der Waals surface area contributed by atoms with Crippen molar-refractivity contribution in [3.05, 3.63) is 102 Å². The van der Waals surface area contributed by atoms with Crippen molar-refractivity contribution in [3.63, 3.8) is 0 Å². The van der Waals surface area contributed by atoms with E-state index in [0.29, 0.717) is 17.9 Å². The number of thioether (sulfide) groups is 1. The predicted molar refractivity (Wildman–Crippen MR) is 154 cm³/mol. The molecule has 39 heavy (non-hydrogen) atoms. The molecule has 1 aliphatic heterocycles. The minimum Gasteiger partial charge on any atom is -0.468 e. The third-order valence-corrected chi connectivity index (χ3v) is 9.00. The van der Waals surface area contributed by atoms with Crippen molar-refractivity contribution in [2.45, 2.75) is 17.9 Å². The Morgan fingerprint density at radius 2 is 1.64 bits per heavy atom. The molecule has 0 saturated heterocycles. The van der Waals surface area contributed by atoms with Crippen molar-refractivity contribution in [1.82, 2.24) is 5.32 Å². The van der Waals surface area contributed by atoms with Gasteiger partial charge in [0.1, 0.15) is 4.90 Å². The second kappa shape index (κ2) is 11.3. The van der Waals surface area contributed by atoms with Gasteiger partial charge in [0.2, 0.25) is 5.91 Å². The number of fused-ring (bicyclic) bond motifs is 2. The maximum atomic E-state index is 13.6. The van der Waals surface area contributed by atoms with Crippen molar-refractivity contribution in [1.29, 1.82) is 0 Å². The fourth-order valence-corrected chi connectivity index (χ4v) is 6.95. The van der Waals surface area contributed by atoms with Crippen LogP contribution in [-0.2, 0) is 37.3 Å². The quantitative estimate of drug-likeness (QED) is 0.326. The van der Waals surface area contributed by atoms with Crippen molar-refractivity contribution < 1.29 is 22.7 Å². The van der Waals surface area contributed by atoms with E-state index in [2.05, 4.69) is 10.3 Å². The van der Waals surface area contributed by atoms with Gasteiger partial charge in [-0.3, -0.25) is 9.59 Å². The maximum Gasteiger partial charge on any atom is 0.316 e. The van der Waals surface area contributed by atoms with Crippen LogP contribution in [-0.4, -0.2) is 38.3 Å². The van der Waals surface area contributed by atoms with E-state index in [9.17, 15) is 18.0 Å². The molecule has 8 nitrogen and oxygen atoms in total. The lowest BCUT2D eigenvalue weighted by Gasteiger charge is -2.29. The van der Waals surface area contributed by atoms with E-state index in [1.165, 1.54) is 13.2 Å². The number of nitrogens with one attached hydrogen (secondary N) is 1. The highest BCUT2D eigenvalue weighted by molar-refractivity contribution is 8.16. The topological polar surface area (TPSA) is 105 Å². The number of amidine groups is 1. The third kappa shape index (κ3) is 5.67. The lowest BCUT2D eigenvalue weighted by Crippen LogP contribution is -2.38. The summed E-state index contributed by atoms with van der Waals surface area (Å²) >= 11 is 0.977. The van der Waals surface area contributed by atoms with Crippen molar-refractivity contribution in [3.8, 4) is 0 Å². The van der Waals surface area contributed by atoms with Crippen LogP contribution in [0.1, 0.15) is 11.1 Å². The van der Waals surface area contributed by atoms with Crippen LogP contribution in [0.2, 0.25) is 0 Å². The largest absolute Gasteiger partial charge is 0.468 e. The molecule has 0 atom stereocenters. The first-order valence-corrected chi connectivity index (χ1v) is 14.5. The Morgan fingerprint density at radius 3 is 2.44 bits per heavy atom. The molecular weight excluding hydrogens is 534 g/mol.